The molecule has 5 nitrogen and oxygen atoms in total. The molecule has 2 aromatic rings. The van der Waals surface area contributed by atoms with Crippen molar-refractivity contribution in [2.45, 2.75) is 12.1 Å². The van der Waals surface area contributed by atoms with Gasteiger partial charge in [-0.25, -0.2) is 18.1 Å². The standard InChI is InChI=1S/C10H11N3O2S/c1-8-11-10(16(2,14)15)13(12-8)9-6-4-3-5-7-9/h3-7H,1-2H3. The Morgan fingerprint density at radius 2 is 1.81 bits per heavy atom. The maximum absolute atomic E-state index is 11.5. The van der Waals surface area contributed by atoms with E-state index >= 15 is 0 Å². The van der Waals surface area contributed by atoms with Crippen molar-refractivity contribution in [2.24, 2.45) is 0 Å². The van der Waals surface area contributed by atoms with E-state index in [0.717, 1.165) is 6.26 Å². The van der Waals surface area contributed by atoms with Crippen molar-refractivity contribution in [2.75, 3.05) is 6.26 Å². The highest BCUT2D eigenvalue weighted by Crippen LogP contribution is 2.13. The molecule has 0 fully saturated rings. The van der Waals surface area contributed by atoms with Crippen molar-refractivity contribution < 1.29 is 8.42 Å². The number of sulfone groups is 1. The molecule has 84 valence electrons. The fraction of sp³-hybridized carbons (Fsp3) is 0.200. The molecule has 0 aliphatic carbocycles. The third kappa shape index (κ3) is 1.96. The van der Waals surface area contributed by atoms with E-state index in [1.807, 2.05) is 18.2 Å². The Morgan fingerprint density at radius 3 is 2.38 bits per heavy atom. The van der Waals surface area contributed by atoms with Crippen molar-refractivity contribution in [1.29, 1.82) is 0 Å². The van der Waals surface area contributed by atoms with Gasteiger partial charge >= 0.3 is 0 Å². The van der Waals surface area contributed by atoms with E-state index < -0.39 is 9.84 Å². The molecular weight excluding hydrogens is 226 g/mol. The quantitative estimate of drug-likeness (QED) is 0.781. The predicted molar refractivity (Wildman–Crippen MR) is 59.2 cm³/mol. The van der Waals surface area contributed by atoms with E-state index in [4.69, 9.17) is 0 Å². The van der Waals surface area contributed by atoms with Crippen LogP contribution in [0.15, 0.2) is 35.5 Å². The predicted octanol–water partition coefficient (Wildman–Crippen LogP) is 0.979. The average Bonchev–Trinajstić information content (AvgIpc) is 2.61. The summed E-state index contributed by atoms with van der Waals surface area (Å²) in [6, 6.07) is 9.05. The maximum Gasteiger partial charge on any atom is 0.250 e. The first kappa shape index (κ1) is 10.8. The lowest BCUT2D eigenvalue weighted by Crippen LogP contribution is -2.08. The van der Waals surface area contributed by atoms with Crippen LogP contribution in [0.2, 0.25) is 0 Å². The lowest BCUT2D eigenvalue weighted by molar-refractivity contribution is 0.586. The Hall–Kier alpha value is -1.69. The highest BCUT2D eigenvalue weighted by molar-refractivity contribution is 7.90. The van der Waals surface area contributed by atoms with E-state index in [9.17, 15) is 8.42 Å². The zero-order valence-electron chi connectivity index (χ0n) is 8.95. The number of nitrogens with zero attached hydrogens (tertiary/aromatic N) is 3. The van der Waals surface area contributed by atoms with Gasteiger partial charge in [0.25, 0.3) is 0 Å². The SMILES string of the molecule is Cc1nc(S(C)(=O)=O)n(-c2ccccc2)n1. The summed E-state index contributed by atoms with van der Waals surface area (Å²) >= 11 is 0. The smallest absolute Gasteiger partial charge is 0.221 e. The second-order valence-electron chi connectivity index (χ2n) is 3.46. The fourth-order valence-electron chi connectivity index (χ4n) is 1.37. The van der Waals surface area contributed by atoms with Gasteiger partial charge < -0.3 is 0 Å². The molecule has 2 rings (SSSR count). The van der Waals surface area contributed by atoms with Gasteiger partial charge in [-0.05, 0) is 19.1 Å². The summed E-state index contributed by atoms with van der Waals surface area (Å²) in [4.78, 5) is 3.92. The molecule has 0 aliphatic rings. The van der Waals surface area contributed by atoms with E-state index in [1.165, 1.54) is 4.68 Å². The van der Waals surface area contributed by atoms with Crippen molar-refractivity contribution in [3.05, 3.63) is 36.2 Å². The summed E-state index contributed by atoms with van der Waals surface area (Å²) in [5.41, 5.74) is 0.684. The number of para-hydroxylation sites is 1. The van der Waals surface area contributed by atoms with Crippen LogP contribution in [0.4, 0.5) is 0 Å². The van der Waals surface area contributed by atoms with Crippen LogP contribution in [-0.2, 0) is 9.84 Å². The van der Waals surface area contributed by atoms with Crippen molar-refractivity contribution in [1.82, 2.24) is 14.8 Å². The Balaban J connectivity index is 2.67. The van der Waals surface area contributed by atoms with Crippen molar-refractivity contribution >= 4 is 9.84 Å². The topological polar surface area (TPSA) is 64.8 Å². The van der Waals surface area contributed by atoms with Crippen LogP contribution in [0.25, 0.3) is 5.69 Å². The molecule has 0 bridgehead atoms. The molecule has 1 aromatic heterocycles. The molecule has 1 aromatic carbocycles. The fourth-order valence-corrected chi connectivity index (χ4v) is 2.13. The monoisotopic (exact) mass is 237 g/mol. The second-order valence-corrected chi connectivity index (χ2v) is 5.37. The molecular formula is C10H11N3O2S. The Bertz CT molecular complexity index is 602. The molecule has 1 heterocycles. The third-order valence-electron chi connectivity index (χ3n) is 2.02. The summed E-state index contributed by atoms with van der Waals surface area (Å²) in [5.74, 6) is 0.435. The number of aryl methyl sites for hydroxylation is 1. The molecule has 0 saturated heterocycles. The first-order chi connectivity index (χ1) is 7.48. The van der Waals surface area contributed by atoms with Crippen LogP contribution in [0.1, 0.15) is 5.82 Å². The lowest BCUT2D eigenvalue weighted by atomic mass is 10.3. The summed E-state index contributed by atoms with van der Waals surface area (Å²) in [6.45, 7) is 1.66. The maximum atomic E-state index is 11.5. The molecule has 0 aliphatic heterocycles. The van der Waals surface area contributed by atoms with Gasteiger partial charge in [-0.3, -0.25) is 0 Å². The van der Waals surface area contributed by atoms with Gasteiger partial charge in [0.1, 0.15) is 5.82 Å². The largest absolute Gasteiger partial charge is 0.250 e. The number of rotatable bonds is 2. The van der Waals surface area contributed by atoms with Crippen LogP contribution in [0.5, 0.6) is 0 Å². The highest BCUT2D eigenvalue weighted by Gasteiger charge is 2.18. The van der Waals surface area contributed by atoms with E-state index in [2.05, 4.69) is 10.1 Å². The minimum atomic E-state index is -3.37. The first-order valence-corrected chi connectivity index (χ1v) is 6.57. The molecule has 0 spiro atoms. The average molecular weight is 237 g/mol. The summed E-state index contributed by atoms with van der Waals surface area (Å²) in [7, 11) is -3.37. The molecule has 0 radical (unpaired) electrons. The van der Waals surface area contributed by atoms with E-state index in [1.54, 1.807) is 19.1 Å². The molecule has 0 N–H and O–H groups in total. The van der Waals surface area contributed by atoms with E-state index in [-0.39, 0.29) is 5.16 Å². The second kappa shape index (κ2) is 3.71. The van der Waals surface area contributed by atoms with E-state index in [0.29, 0.717) is 11.5 Å². The number of hydrogen-bond donors (Lipinski definition) is 0. The van der Waals surface area contributed by atoms with Crippen LogP contribution in [0, 0.1) is 6.92 Å². The van der Waals surface area contributed by atoms with Gasteiger partial charge in [0.05, 0.1) is 5.69 Å². The van der Waals surface area contributed by atoms with Gasteiger partial charge in [-0.1, -0.05) is 18.2 Å². The zero-order chi connectivity index (χ0) is 11.8. The van der Waals surface area contributed by atoms with Gasteiger partial charge in [0, 0.05) is 6.26 Å². The van der Waals surface area contributed by atoms with Crippen molar-refractivity contribution in [3.8, 4) is 5.69 Å². The molecule has 16 heavy (non-hydrogen) atoms. The summed E-state index contributed by atoms with van der Waals surface area (Å²) in [6.07, 6.45) is 1.12. The third-order valence-corrected chi connectivity index (χ3v) is 2.94. The number of benzene rings is 1. The summed E-state index contributed by atoms with van der Waals surface area (Å²) in [5, 5.41) is 4.04. The molecule has 6 heteroatoms. The van der Waals surface area contributed by atoms with Crippen LogP contribution >= 0.6 is 0 Å². The molecule has 0 atom stereocenters. The van der Waals surface area contributed by atoms with Crippen LogP contribution < -0.4 is 0 Å². The highest BCUT2D eigenvalue weighted by atomic mass is 32.2. The van der Waals surface area contributed by atoms with Gasteiger partial charge in [0.2, 0.25) is 15.0 Å². The minimum Gasteiger partial charge on any atom is -0.221 e. The summed E-state index contributed by atoms with van der Waals surface area (Å²) < 4.78 is 24.4. The number of hydrogen-bond acceptors (Lipinski definition) is 4. The Morgan fingerprint density at radius 1 is 1.19 bits per heavy atom. The van der Waals surface area contributed by atoms with Gasteiger partial charge in [-0.2, -0.15) is 5.10 Å². The number of aromatic nitrogens is 3. The minimum absolute atomic E-state index is 0.0313. The zero-order valence-corrected chi connectivity index (χ0v) is 9.77. The Kier molecular flexibility index (Phi) is 2.51. The molecule has 0 saturated carbocycles. The molecule has 0 amide bonds. The van der Waals surface area contributed by atoms with Crippen LogP contribution in [0.3, 0.4) is 0 Å². The van der Waals surface area contributed by atoms with Gasteiger partial charge in [0.15, 0.2) is 0 Å². The Labute approximate surface area is 93.7 Å². The normalized spacial score (nSPS) is 11.6. The lowest BCUT2D eigenvalue weighted by Gasteiger charge is -2.02. The van der Waals surface area contributed by atoms with Crippen LogP contribution in [-0.4, -0.2) is 29.4 Å². The van der Waals surface area contributed by atoms with Crippen molar-refractivity contribution in [3.63, 3.8) is 0 Å². The first-order valence-electron chi connectivity index (χ1n) is 4.67. The molecule has 0 unspecified atom stereocenters. The van der Waals surface area contributed by atoms with Gasteiger partial charge in [-0.15, -0.1) is 0 Å².